The van der Waals surface area contributed by atoms with Gasteiger partial charge >= 0.3 is 0 Å². The predicted octanol–water partition coefficient (Wildman–Crippen LogP) is -1.99. The van der Waals surface area contributed by atoms with Crippen molar-refractivity contribution < 1.29 is 24.0 Å². The Kier molecular flexibility index (Phi) is 9.65. The molecule has 0 aliphatic rings. The Morgan fingerprint density at radius 2 is 1.67 bits per heavy atom. The van der Waals surface area contributed by atoms with Crippen LogP contribution in [0, 0.1) is 0 Å². The lowest BCUT2D eigenvalue weighted by molar-refractivity contribution is -0.00000120. The first-order valence-electron chi connectivity index (χ1n) is 1.46. The molecule has 0 aromatic heterocycles. The molecule has 0 radical (unpaired) electrons. The van der Waals surface area contributed by atoms with E-state index in [-0.39, 0.29) is 24.0 Å². The van der Waals surface area contributed by atoms with Crippen LogP contribution in [-0.2, 0) is 10.9 Å². The average Bonchev–Trinajstić information content (AvgIpc) is 1.38. The summed E-state index contributed by atoms with van der Waals surface area (Å²) in [5, 5.41) is 1.94. The Balaban J connectivity index is 0. The van der Waals surface area contributed by atoms with Gasteiger partial charge in [0.2, 0.25) is 0 Å². The topological polar surface area (TPSA) is 0 Å². The van der Waals surface area contributed by atoms with E-state index < -0.39 is 0 Å². The molecular formula is C4H9IS. The van der Waals surface area contributed by atoms with E-state index in [0.717, 1.165) is 0 Å². The first-order chi connectivity index (χ1) is 2.27. The molecule has 0 spiro atoms. The summed E-state index contributed by atoms with van der Waals surface area (Å²) in [6.07, 6.45) is 4.26. The minimum atomic E-state index is 0. The van der Waals surface area contributed by atoms with Crippen LogP contribution in [0.5, 0.6) is 0 Å². The molecule has 0 saturated carbocycles. The third-order valence-electron chi connectivity index (χ3n) is 0.333. The lowest BCUT2D eigenvalue weighted by atomic mass is 11.3. The van der Waals surface area contributed by atoms with Crippen LogP contribution >= 0.6 is 0 Å². The van der Waals surface area contributed by atoms with Crippen LogP contribution in [0.25, 0.3) is 0 Å². The van der Waals surface area contributed by atoms with E-state index in [2.05, 4.69) is 19.1 Å². The van der Waals surface area contributed by atoms with Crippen LogP contribution in [0.1, 0.15) is 0 Å². The summed E-state index contributed by atoms with van der Waals surface area (Å²) in [6, 6.07) is 0. The molecule has 2 heteroatoms. The SMILES string of the molecule is C=C[S+](C)C.[I-]. The maximum Gasteiger partial charge on any atom is 0.111 e. The number of hydrogen-bond acceptors (Lipinski definition) is 0. The van der Waals surface area contributed by atoms with Crippen molar-refractivity contribution >= 4 is 10.9 Å². The van der Waals surface area contributed by atoms with Crippen molar-refractivity contribution in [2.75, 3.05) is 12.5 Å². The van der Waals surface area contributed by atoms with Crippen molar-refractivity contribution in [1.29, 1.82) is 0 Å². The van der Waals surface area contributed by atoms with E-state index in [0.29, 0.717) is 10.9 Å². The van der Waals surface area contributed by atoms with Gasteiger partial charge in [-0.15, -0.1) is 0 Å². The molecule has 6 heavy (non-hydrogen) atoms. The monoisotopic (exact) mass is 216 g/mol. The van der Waals surface area contributed by atoms with E-state index in [1.54, 1.807) is 0 Å². The molecule has 0 aromatic rings. The van der Waals surface area contributed by atoms with E-state index in [9.17, 15) is 0 Å². The Morgan fingerprint density at radius 3 is 1.67 bits per heavy atom. The molecule has 0 bridgehead atoms. The van der Waals surface area contributed by atoms with Crippen LogP contribution in [0.3, 0.4) is 0 Å². The van der Waals surface area contributed by atoms with Crippen LogP contribution in [0.2, 0.25) is 0 Å². The highest BCUT2D eigenvalue weighted by molar-refractivity contribution is 7.98. The van der Waals surface area contributed by atoms with Gasteiger partial charge in [-0.3, -0.25) is 0 Å². The van der Waals surface area contributed by atoms with E-state index >= 15 is 0 Å². The zero-order chi connectivity index (χ0) is 4.28. The summed E-state index contributed by atoms with van der Waals surface area (Å²) in [5.41, 5.74) is 0. The Hall–Kier alpha value is 0.820. The summed E-state index contributed by atoms with van der Waals surface area (Å²) in [6.45, 7) is 3.57. The van der Waals surface area contributed by atoms with Crippen molar-refractivity contribution in [2.45, 2.75) is 0 Å². The van der Waals surface area contributed by atoms with Gasteiger partial charge in [-0.05, 0) is 0 Å². The van der Waals surface area contributed by atoms with E-state index in [1.165, 1.54) is 0 Å². The van der Waals surface area contributed by atoms with Crippen molar-refractivity contribution in [2.24, 2.45) is 0 Å². The zero-order valence-corrected chi connectivity index (χ0v) is 7.04. The van der Waals surface area contributed by atoms with Crippen molar-refractivity contribution in [3.63, 3.8) is 0 Å². The van der Waals surface area contributed by atoms with Gasteiger partial charge < -0.3 is 24.0 Å². The molecule has 0 aromatic carbocycles. The Labute approximate surface area is 59.4 Å². The standard InChI is InChI=1S/C4H9S.HI/c1-4-5(2)3;/h4H,1H2,2-3H3;1H/q+1;/p-1. The molecule has 0 unspecified atom stereocenters. The lowest BCUT2D eigenvalue weighted by Gasteiger charge is -1.73. The van der Waals surface area contributed by atoms with Crippen molar-refractivity contribution in [3.05, 3.63) is 12.0 Å². The first-order valence-corrected chi connectivity index (χ1v) is 3.56. The van der Waals surface area contributed by atoms with Crippen LogP contribution in [0.4, 0.5) is 0 Å². The van der Waals surface area contributed by atoms with Gasteiger partial charge in [0, 0.05) is 10.9 Å². The maximum absolute atomic E-state index is 3.57. The quantitative estimate of drug-likeness (QED) is 0.352. The third kappa shape index (κ3) is 8.84. The molecule has 0 amide bonds. The Bertz CT molecular complexity index is 34.5. The van der Waals surface area contributed by atoms with E-state index in [4.69, 9.17) is 0 Å². The molecule has 0 aliphatic carbocycles. The molecule has 0 saturated heterocycles. The highest BCUT2D eigenvalue weighted by Crippen LogP contribution is 1.77. The molecule has 0 rings (SSSR count). The van der Waals surface area contributed by atoms with Crippen LogP contribution in [0.15, 0.2) is 12.0 Å². The fourth-order valence-corrected chi connectivity index (χ4v) is 0. The molecular weight excluding hydrogens is 207 g/mol. The zero-order valence-electron chi connectivity index (χ0n) is 4.07. The molecule has 0 aliphatic heterocycles. The second-order valence-corrected chi connectivity index (χ2v) is 3.14. The highest BCUT2D eigenvalue weighted by Gasteiger charge is 1.84. The van der Waals surface area contributed by atoms with Crippen LogP contribution in [-0.4, -0.2) is 12.5 Å². The molecule has 0 nitrogen and oxygen atoms in total. The molecule has 38 valence electrons. The fraction of sp³-hybridized carbons (Fsp3) is 0.500. The second-order valence-electron chi connectivity index (χ2n) is 1.05. The maximum atomic E-state index is 3.57. The predicted molar refractivity (Wildman–Crippen MR) is 29.4 cm³/mol. The summed E-state index contributed by atoms with van der Waals surface area (Å²) < 4.78 is 0. The lowest BCUT2D eigenvalue weighted by Crippen LogP contribution is -3.00. The average molecular weight is 216 g/mol. The molecule has 0 atom stereocenters. The van der Waals surface area contributed by atoms with Gasteiger partial charge in [-0.2, -0.15) is 0 Å². The summed E-state index contributed by atoms with van der Waals surface area (Å²) in [5.74, 6) is 0. The highest BCUT2D eigenvalue weighted by atomic mass is 127. The summed E-state index contributed by atoms with van der Waals surface area (Å²) in [7, 11) is 0.441. The number of rotatable bonds is 1. The molecule has 0 heterocycles. The van der Waals surface area contributed by atoms with Gasteiger partial charge in [0.1, 0.15) is 17.9 Å². The first kappa shape index (κ1) is 9.94. The smallest absolute Gasteiger partial charge is 0.111 e. The minimum absolute atomic E-state index is 0. The van der Waals surface area contributed by atoms with Gasteiger partial charge in [0.05, 0.1) is 0 Å². The van der Waals surface area contributed by atoms with Crippen LogP contribution < -0.4 is 24.0 Å². The largest absolute Gasteiger partial charge is 1.00 e. The minimum Gasteiger partial charge on any atom is -1.00 e. The molecule has 0 N–H and O–H groups in total. The molecule has 0 fully saturated rings. The number of halogens is 1. The second kappa shape index (κ2) is 5.82. The van der Waals surface area contributed by atoms with Crippen molar-refractivity contribution in [1.82, 2.24) is 0 Å². The summed E-state index contributed by atoms with van der Waals surface area (Å²) >= 11 is 0. The van der Waals surface area contributed by atoms with Gasteiger partial charge in [0.25, 0.3) is 0 Å². The fourth-order valence-electron chi connectivity index (χ4n) is 0. The Morgan fingerprint density at radius 1 is 1.50 bits per heavy atom. The van der Waals surface area contributed by atoms with Gasteiger partial charge in [-0.1, -0.05) is 6.58 Å². The van der Waals surface area contributed by atoms with E-state index in [1.807, 2.05) is 5.41 Å². The summed E-state index contributed by atoms with van der Waals surface area (Å²) in [4.78, 5) is 0. The number of hydrogen-bond donors (Lipinski definition) is 0. The van der Waals surface area contributed by atoms with Gasteiger partial charge in [-0.25, -0.2) is 0 Å². The van der Waals surface area contributed by atoms with Crippen molar-refractivity contribution in [3.8, 4) is 0 Å². The normalized spacial score (nSPS) is 7.17. The van der Waals surface area contributed by atoms with Gasteiger partial charge in [0.15, 0.2) is 0 Å². The third-order valence-corrected chi connectivity index (χ3v) is 1.000.